The Balaban J connectivity index is 3.17. The average molecular weight is 125 g/mol. The largest absolute Gasteiger partial charge is 0.508 e. The second kappa shape index (κ2) is 2.05. The first-order valence-electron chi connectivity index (χ1n) is 2.50. The normalized spacial score (nSPS) is 9.56. The molecule has 1 nitrogen and oxygen atoms in total. The number of aromatic hydroxyl groups is 1. The maximum absolute atomic E-state index is 12.2. The van der Waals surface area contributed by atoms with Gasteiger partial charge in [-0.05, 0) is 30.7 Å². The fourth-order valence-electron chi connectivity index (χ4n) is 0.554. The number of hydrogen-bond donors (Lipinski definition) is 1. The van der Waals surface area contributed by atoms with Crippen LogP contribution < -0.4 is 0 Å². The number of halogens is 1. The van der Waals surface area contributed by atoms with Crippen molar-refractivity contribution in [2.45, 2.75) is 0 Å². The van der Waals surface area contributed by atoms with E-state index < -0.39 is 0 Å². The highest BCUT2D eigenvalue weighted by atomic mass is 19.1. The zero-order valence-electron chi connectivity index (χ0n) is 4.76. The molecule has 0 unspecified atom stereocenters. The molecule has 1 N–H and O–H groups in total. The molecule has 1 aromatic rings. The lowest BCUT2D eigenvalue weighted by Gasteiger charge is -1.94. The van der Waals surface area contributed by atoms with Crippen molar-refractivity contribution in [2.75, 3.05) is 0 Å². The van der Waals surface area contributed by atoms with Crippen LogP contribution in [0.5, 0.6) is 5.75 Å². The average Bonchev–Trinajstić information content (AvgIpc) is 1.80. The Hall–Kier alpha value is -1.05. The molecule has 2 heteroatoms. The molecule has 47 valence electrons. The van der Waals surface area contributed by atoms with E-state index in [1.165, 1.54) is 18.2 Å². The topological polar surface area (TPSA) is 20.2 Å². The van der Waals surface area contributed by atoms with Gasteiger partial charge >= 0.3 is 0 Å². The lowest BCUT2D eigenvalue weighted by atomic mass is 10.2. The summed E-state index contributed by atoms with van der Waals surface area (Å²) in [6, 6.07) is 3.64. The molecule has 0 aliphatic rings. The van der Waals surface area contributed by atoms with E-state index in [2.05, 4.69) is 6.92 Å². The molecule has 9 heavy (non-hydrogen) atoms. The van der Waals surface area contributed by atoms with Gasteiger partial charge in [0.25, 0.3) is 0 Å². The van der Waals surface area contributed by atoms with Crippen molar-refractivity contribution in [3.8, 4) is 5.75 Å². The number of phenols is 1. The molecule has 0 saturated carbocycles. The van der Waals surface area contributed by atoms with E-state index in [-0.39, 0.29) is 11.6 Å². The lowest BCUT2D eigenvalue weighted by Crippen LogP contribution is -1.76. The van der Waals surface area contributed by atoms with Crippen molar-refractivity contribution in [1.29, 1.82) is 0 Å². The van der Waals surface area contributed by atoms with Gasteiger partial charge in [0.1, 0.15) is 11.6 Å². The summed E-state index contributed by atoms with van der Waals surface area (Å²) in [7, 11) is 0. The van der Waals surface area contributed by atoms with Crippen molar-refractivity contribution < 1.29 is 9.50 Å². The van der Waals surface area contributed by atoms with Crippen LogP contribution in [0.15, 0.2) is 18.2 Å². The summed E-state index contributed by atoms with van der Waals surface area (Å²) in [5.41, 5.74) is 0.315. The summed E-state index contributed by atoms with van der Waals surface area (Å²) in [4.78, 5) is 0. The van der Waals surface area contributed by atoms with Crippen LogP contribution in [0, 0.1) is 12.7 Å². The van der Waals surface area contributed by atoms with E-state index in [0.29, 0.717) is 5.56 Å². The molecule has 1 radical (unpaired) electrons. The highest BCUT2D eigenvalue weighted by molar-refractivity contribution is 5.34. The summed E-state index contributed by atoms with van der Waals surface area (Å²) in [6.45, 7) is 3.39. The van der Waals surface area contributed by atoms with Crippen LogP contribution in [-0.4, -0.2) is 5.11 Å². The highest BCUT2D eigenvalue weighted by Crippen LogP contribution is 2.15. The van der Waals surface area contributed by atoms with Crippen molar-refractivity contribution in [3.63, 3.8) is 0 Å². The van der Waals surface area contributed by atoms with Crippen molar-refractivity contribution in [3.05, 3.63) is 36.5 Å². The Morgan fingerprint density at radius 2 is 2.11 bits per heavy atom. The van der Waals surface area contributed by atoms with Crippen LogP contribution in [0.25, 0.3) is 0 Å². The second-order valence-electron chi connectivity index (χ2n) is 1.77. The Bertz CT molecular complexity index is 220. The second-order valence-corrected chi connectivity index (χ2v) is 1.77. The molecule has 0 atom stereocenters. The van der Waals surface area contributed by atoms with Gasteiger partial charge in [0.05, 0.1) is 0 Å². The zero-order chi connectivity index (χ0) is 6.85. The molecule has 0 spiro atoms. The van der Waals surface area contributed by atoms with Gasteiger partial charge in [0.2, 0.25) is 0 Å². The standard InChI is InChI=1S/C7H6FO/c1-5-4-6(8)2-3-7(5)9/h2-4,9H,1H2. The summed E-state index contributed by atoms with van der Waals surface area (Å²) in [5.74, 6) is -0.353. The van der Waals surface area contributed by atoms with Crippen LogP contribution >= 0.6 is 0 Å². The third-order valence-electron chi connectivity index (χ3n) is 1.04. The maximum Gasteiger partial charge on any atom is 0.123 e. The van der Waals surface area contributed by atoms with Gasteiger partial charge in [-0.25, -0.2) is 4.39 Å². The summed E-state index contributed by atoms with van der Waals surface area (Å²) >= 11 is 0. The molecule has 0 aliphatic heterocycles. The van der Waals surface area contributed by atoms with Gasteiger partial charge in [-0.15, -0.1) is 0 Å². The van der Waals surface area contributed by atoms with E-state index in [1.807, 2.05) is 0 Å². The quantitative estimate of drug-likeness (QED) is 0.559. The first-order valence-corrected chi connectivity index (χ1v) is 2.50. The highest BCUT2D eigenvalue weighted by Gasteiger charge is 1.94. The molecule has 1 rings (SSSR count). The van der Waals surface area contributed by atoms with E-state index in [9.17, 15) is 4.39 Å². The minimum absolute atomic E-state index is 0.0244. The minimum Gasteiger partial charge on any atom is -0.508 e. The van der Waals surface area contributed by atoms with E-state index >= 15 is 0 Å². The van der Waals surface area contributed by atoms with Gasteiger partial charge in [-0.1, -0.05) is 0 Å². The van der Waals surface area contributed by atoms with Gasteiger partial charge in [-0.2, -0.15) is 0 Å². The minimum atomic E-state index is -0.377. The number of phenolic OH excluding ortho intramolecular Hbond substituents is 1. The maximum atomic E-state index is 12.2. The smallest absolute Gasteiger partial charge is 0.123 e. The van der Waals surface area contributed by atoms with Crippen LogP contribution in [0.4, 0.5) is 4.39 Å². The first-order chi connectivity index (χ1) is 4.20. The third kappa shape index (κ3) is 1.19. The van der Waals surface area contributed by atoms with E-state index in [1.54, 1.807) is 0 Å². The first kappa shape index (κ1) is 6.08. The molecule has 0 aromatic heterocycles. The predicted octanol–water partition coefficient (Wildman–Crippen LogP) is 1.71. The van der Waals surface area contributed by atoms with Gasteiger partial charge in [0.15, 0.2) is 0 Å². The fourth-order valence-corrected chi connectivity index (χ4v) is 0.554. The summed E-state index contributed by atoms with van der Waals surface area (Å²) in [6.07, 6.45) is 0. The molecule has 0 saturated heterocycles. The molecule has 0 fully saturated rings. The molecular formula is C7H6FO. The SMILES string of the molecule is [CH2]c1cc(F)ccc1O. The van der Waals surface area contributed by atoms with Crippen molar-refractivity contribution >= 4 is 0 Å². The molecule has 0 heterocycles. The molecular weight excluding hydrogens is 119 g/mol. The molecule has 1 aromatic carbocycles. The van der Waals surface area contributed by atoms with Crippen LogP contribution in [0.1, 0.15) is 5.56 Å². The number of hydrogen-bond acceptors (Lipinski definition) is 1. The van der Waals surface area contributed by atoms with Gasteiger partial charge in [-0.3, -0.25) is 0 Å². The zero-order valence-corrected chi connectivity index (χ0v) is 4.76. The van der Waals surface area contributed by atoms with E-state index in [0.717, 1.165) is 0 Å². The van der Waals surface area contributed by atoms with Crippen molar-refractivity contribution in [1.82, 2.24) is 0 Å². The van der Waals surface area contributed by atoms with Gasteiger partial charge < -0.3 is 5.11 Å². The van der Waals surface area contributed by atoms with Crippen LogP contribution in [-0.2, 0) is 0 Å². The van der Waals surface area contributed by atoms with Crippen LogP contribution in [0.2, 0.25) is 0 Å². The van der Waals surface area contributed by atoms with Gasteiger partial charge in [0, 0.05) is 0 Å². The van der Waals surface area contributed by atoms with E-state index in [4.69, 9.17) is 5.11 Å². The Morgan fingerprint density at radius 3 is 2.56 bits per heavy atom. The molecule has 0 aliphatic carbocycles. The monoisotopic (exact) mass is 125 g/mol. The molecule has 0 bridgehead atoms. The predicted molar refractivity (Wildman–Crippen MR) is 32.5 cm³/mol. The Kier molecular flexibility index (Phi) is 1.39. The summed E-state index contributed by atoms with van der Waals surface area (Å²) in [5, 5.41) is 8.81. The Labute approximate surface area is 52.8 Å². The Morgan fingerprint density at radius 1 is 1.44 bits per heavy atom. The number of benzene rings is 1. The number of rotatable bonds is 0. The lowest BCUT2D eigenvalue weighted by molar-refractivity contribution is 0.470. The fraction of sp³-hybridized carbons (Fsp3) is 0. The molecule has 0 amide bonds. The van der Waals surface area contributed by atoms with Crippen molar-refractivity contribution in [2.24, 2.45) is 0 Å². The third-order valence-corrected chi connectivity index (χ3v) is 1.04. The summed E-state index contributed by atoms with van der Waals surface area (Å²) < 4.78 is 12.2. The van der Waals surface area contributed by atoms with Crippen LogP contribution in [0.3, 0.4) is 0 Å².